The average Bonchev–Trinajstić information content (AvgIpc) is 2.51. The summed E-state index contributed by atoms with van der Waals surface area (Å²) >= 11 is 0. The Morgan fingerprint density at radius 1 is 1.18 bits per heavy atom. The Hall–Kier alpha value is -2.30. The molecule has 5 nitrogen and oxygen atoms in total. The standard InChI is InChI=1S/C17H25N5/c1-4-18-17(21-13(2)3)20-12-11-19-16-10-9-14-7-5-6-8-15(14)22-16/h5-10,13H,4,11-12H2,1-3H3,(H,19,22)(H2,18,20,21). The van der Waals surface area contributed by atoms with E-state index in [0.717, 1.165) is 35.8 Å². The summed E-state index contributed by atoms with van der Waals surface area (Å²) < 4.78 is 0. The zero-order valence-corrected chi connectivity index (χ0v) is 13.6. The molecule has 0 atom stereocenters. The van der Waals surface area contributed by atoms with Crippen LogP contribution in [-0.4, -0.2) is 36.6 Å². The summed E-state index contributed by atoms with van der Waals surface area (Å²) in [4.78, 5) is 9.12. The molecule has 0 saturated heterocycles. The predicted octanol–water partition coefficient (Wildman–Crippen LogP) is 2.61. The van der Waals surface area contributed by atoms with E-state index in [9.17, 15) is 0 Å². The highest BCUT2D eigenvalue weighted by atomic mass is 15.2. The fraction of sp³-hybridized carbons (Fsp3) is 0.412. The third-order valence-electron chi connectivity index (χ3n) is 3.06. The molecule has 0 unspecified atom stereocenters. The summed E-state index contributed by atoms with van der Waals surface area (Å²) in [5.74, 6) is 1.74. The highest BCUT2D eigenvalue weighted by Crippen LogP contribution is 2.14. The summed E-state index contributed by atoms with van der Waals surface area (Å²) in [6.45, 7) is 8.57. The zero-order valence-electron chi connectivity index (χ0n) is 13.6. The molecule has 0 bridgehead atoms. The van der Waals surface area contributed by atoms with Crippen molar-refractivity contribution < 1.29 is 0 Å². The van der Waals surface area contributed by atoms with Crippen molar-refractivity contribution in [2.75, 3.05) is 25.0 Å². The van der Waals surface area contributed by atoms with Crippen molar-refractivity contribution in [3.8, 4) is 0 Å². The maximum Gasteiger partial charge on any atom is 0.191 e. The van der Waals surface area contributed by atoms with Crippen LogP contribution in [0.3, 0.4) is 0 Å². The summed E-state index contributed by atoms with van der Waals surface area (Å²) in [6.07, 6.45) is 0. The number of rotatable bonds is 6. The second-order valence-electron chi connectivity index (χ2n) is 5.38. The van der Waals surface area contributed by atoms with Gasteiger partial charge in [0.15, 0.2) is 5.96 Å². The molecule has 1 aromatic carbocycles. The predicted molar refractivity (Wildman–Crippen MR) is 94.5 cm³/mol. The van der Waals surface area contributed by atoms with Crippen LogP contribution in [0.4, 0.5) is 5.82 Å². The Morgan fingerprint density at radius 2 is 2.00 bits per heavy atom. The van der Waals surface area contributed by atoms with E-state index in [4.69, 9.17) is 0 Å². The van der Waals surface area contributed by atoms with E-state index in [1.165, 1.54) is 0 Å². The van der Waals surface area contributed by atoms with Crippen molar-refractivity contribution in [3.63, 3.8) is 0 Å². The van der Waals surface area contributed by atoms with Crippen LogP contribution in [0, 0.1) is 0 Å². The number of para-hydroxylation sites is 1. The fourth-order valence-electron chi connectivity index (χ4n) is 2.11. The number of nitrogens with zero attached hydrogens (tertiary/aromatic N) is 2. The van der Waals surface area contributed by atoms with Crippen molar-refractivity contribution in [1.29, 1.82) is 0 Å². The summed E-state index contributed by atoms with van der Waals surface area (Å²) in [5, 5.41) is 11.0. The number of hydrogen-bond acceptors (Lipinski definition) is 3. The second-order valence-corrected chi connectivity index (χ2v) is 5.38. The molecule has 0 amide bonds. The van der Waals surface area contributed by atoms with Gasteiger partial charge in [-0.25, -0.2) is 4.98 Å². The van der Waals surface area contributed by atoms with Gasteiger partial charge in [0.25, 0.3) is 0 Å². The lowest BCUT2D eigenvalue weighted by Crippen LogP contribution is -2.41. The van der Waals surface area contributed by atoms with E-state index in [0.29, 0.717) is 12.6 Å². The van der Waals surface area contributed by atoms with Crippen molar-refractivity contribution in [1.82, 2.24) is 15.6 Å². The SMILES string of the molecule is CCNC(=NCCNc1ccc2ccccc2n1)NC(C)C. The van der Waals surface area contributed by atoms with Gasteiger partial charge in [0, 0.05) is 24.5 Å². The number of pyridine rings is 1. The number of nitrogens with one attached hydrogen (secondary N) is 3. The number of guanidine groups is 1. The molecule has 0 spiro atoms. The summed E-state index contributed by atoms with van der Waals surface area (Å²) in [5.41, 5.74) is 1.01. The number of aromatic nitrogens is 1. The van der Waals surface area contributed by atoms with Crippen LogP contribution in [0.1, 0.15) is 20.8 Å². The minimum Gasteiger partial charge on any atom is -0.368 e. The fourth-order valence-corrected chi connectivity index (χ4v) is 2.11. The lowest BCUT2D eigenvalue weighted by molar-refractivity contribution is 0.701. The Kier molecular flexibility index (Phi) is 6.01. The second kappa shape index (κ2) is 8.22. The molecule has 118 valence electrons. The molecule has 5 heteroatoms. The van der Waals surface area contributed by atoms with Crippen LogP contribution in [-0.2, 0) is 0 Å². The number of fused-ring (bicyclic) bond motifs is 1. The topological polar surface area (TPSA) is 61.3 Å². The number of hydrogen-bond donors (Lipinski definition) is 3. The van der Waals surface area contributed by atoms with Gasteiger partial charge in [0.2, 0.25) is 0 Å². The van der Waals surface area contributed by atoms with Crippen LogP contribution in [0.25, 0.3) is 10.9 Å². The quantitative estimate of drug-likeness (QED) is 0.436. The van der Waals surface area contributed by atoms with E-state index in [-0.39, 0.29) is 0 Å². The largest absolute Gasteiger partial charge is 0.368 e. The summed E-state index contributed by atoms with van der Waals surface area (Å²) in [6, 6.07) is 12.6. The Balaban J connectivity index is 1.88. The van der Waals surface area contributed by atoms with Crippen molar-refractivity contribution in [2.45, 2.75) is 26.8 Å². The number of benzene rings is 1. The van der Waals surface area contributed by atoms with E-state index in [1.54, 1.807) is 0 Å². The van der Waals surface area contributed by atoms with Gasteiger partial charge >= 0.3 is 0 Å². The van der Waals surface area contributed by atoms with Crippen LogP contribution in [0.15, 0.2) is 41.4 Å². The molecule has 0 aliphatic carbocycles. The van der Waals surface area contributed by atoms with E-state index in [2.05, 4.69) is 58.8 Å². The molecule has 0 aliphatic rings. The maximum absolute atomic E-state index is 4.59. The Labute approximate surface area is 132 Å². The molecule has 2 aromatic rings. The van der Waals surface area contributed by atoms with Gasteiger partial charge in [-0.3, -0.25) is 4.99 Å². The molecule has 0 fully saturated rings. The van der Waals surface area contributed by atoms with Crippen LogP contribution in [0.5, 0.6) is 0 Å². The lowest BCUT2D eigenvalue weighted by atomic mass is 10.2. The minimum absolute atomic E-state index is 0.368. The van der Waals surface area contributed by atoms with Gasteiger partial charge < -0.3 is 16.0 Å². The third kappa shape index (κ3) is 4.91. The van der Waals surface area contributed by atoms with Gasteiger partial charge in [0.05, 0.1) is 12.1 Å². The normalized spacial score (nSPS) is 11.7. The first-order chi connectivity index (χ1) is 10.7. The number of anilines is 1. The first kappa shape index (κ1) is 16.1. The van der Waals surface area contributed by atoms with E-state index < -0.39 is 0 Å². The first-order valence-corrected chi connectivity index (χ1v) is 7.83. The van der Waals surface area contributed by atoms with Gasteiger partial charge in [-0.2, -0.15) is 0 Å². The zero-order chi connectivity index (χ0) is 15.8. The highest BCUT2D eigenvalue weighted by Gasteiger charge is 1.99. The highest BCUT2D eigenvalue weighted by molar-refractivity contribution is 5.80. The maximum atomic E-state index is 4.59. The molecular weight excluding hydrogens is 274 g/mol. The smallest absolute Gasteiger partial charge is 0.191 e. The third-order valence-corrected chi connectivity index (χ3v) is 3.06. The van der Waals surface area contributed by atoms with E-state index >= 15 is 0 Å². The molecule has 3 N–H and O–H groups in total. The van der Waals surface area contributed by atoms with Gasteiger partial charge in [-0.05, 0) is 39.0 Å². The van der Waals surface area contributed by atoms with Crippen molar-refractivity contribution in [2.24, 2.45) is 4.99 Å². The molecule has 0 saturated carbocycles. The van der Waals surface area contributed by atoms with Crippen LogP contribution < -0.4 is 16.0 Å². The molecular formula is C17H25N5. The van der Waals surface area contributed by atoms with Gasteiger partial charge in [-0.1, -0.05) is 18.2 Å². The van der Waals surface area contributed by atoms with Gasteiger partial charge in [0.1, 0.15) is 5.82 Å². The molecule has 0 radical (unpaired) electrons. The molecule has 0 aliphatic heterocycles. The van der Waals surface area contributed by atoms with Gasteiger partial charge in [-0.15, -0.1) is 0 Å². The number of aliphatic imine (C=N–C) groups is 1. The lowest BCUT2D eigenvalue weighted by Gasteiger charge is -2.14. The Morgan fingerprint density at radius 3 is 2.77 bits per heavy atom. The first-order valence-electron chi connectivity index (χ1n) is 7.83. The monoisotopic (exact) mass is 299 g/mol. The van der Waals surface area contributed by atoms with E-state index in [1.807, 2.05) is 24.3 Å². The van der Waals surface area contributed by atoms with Crippen LogP contribution >= 0.6 is 0 Å². The minimum atomic E-state index is 0.368. The van der Waals surface area contributed by atoms with Crippen molar-refractivity contribution >= 4 is 22.7 Å². The summed E-state index contributed by atoms with van der Waals surface area (Å²) in [7, 11) is 0. The van der Waals surface area contributed by atoms with Crippen LogP contribution in [0.2, 0.25) is 0 Å². The Bertz CT molecular complexity index is 621. The molecule has 1 aromatic heterocycles. The van der Waals surface area contributed by atoms with Crippen molar-refractivity contribution in [3.05, 3.63) is 36.4 Å². The molecule has 2 rings (SSSR count). The molecule has 22 heavy (non-hydrogen) atoms. The molecule has 1 heterocycles. The average molecular weight is 299 g/mol.